The summed E-state index contributed by atoms with van der Waals surface area (Å²) in [5, 5.41) is 12.3. The van der Waals surface area contributed by atoms with Crippen molar-refractivity contribution < 1.29 is 0 Å². The molecule has 1 aromatic rings. The van der Waals surface area contributed by atoms with Gasteiger partial charge in [0.25, 0.3) is 0 Å². The zero-order valence-corrected chi connectivity index (χ0v) is 11.2. The quantitative estimate of drug-likeness (QED) is 0.857. The molecule has 1 N–H and O–H groups in total. The van der Waals surface area contributed by atoms with Crippen molar-refractivity contribution >= 4 is 0 Å². The van der Waals surface area contributed by atoms with Crippen LogP contribution in [-0.2, 0) is 0 Å². The maximum atomic E-state index is 8.79. The minimum absolute atomic E-state index is 0.292. The van der Waals surface area contributed by atoms with E-state index in [9.17, 15) is 0 Å². The van der Waals surface area contributed by atoms with E-state index in [0.717, 1.165) is 18.5 Å². The molecule has 1 atom stereocenters. The van der Waals surface area contributed by atoms with E-state index in [1.54, 1.807) is 0 Å². The SMILES string of the molecule is CCNC(CC(C)(C)C)c1ccc(C#N)cc1. The van der Waals surface area contributed by atoms with Gasteiger partial charge in [0.15, 0.2) is 0 Å². The molecule has 0 aliphatic carbocycles. The van der Waals surface area contributed by atoms with E-state index in [1.165, 1.54) is 5.56 Å². The minimum atomic E-state index is 0.292. The summed E-state index contributed by atoms with van der Waals surface area (Å²) in [7, 11) is 0. The van der Waals surface area contributed by atoms with Gasteiger partial charge in [0.05, 0.1) is 11.6 Å². The molecule has 0 heterocycles. The molecule has 92 valence electrons. The van der Waals surface area contributed by atoms with E-state index in [1.807, 2.05) is 12.1 Å². The van der Waals surface area contributed by atoms with E-state index < -0.39 is 0 Å². The number of rotatable bonds is 4. The smallest absolute Gasteiger partial charge is 0.0991 e. The minimum Gasteiger partial charge on any atom is -0.310 e. The molecule has 0 spiro atoms. The molecule has 0 amide bonds. The lowest BCUT2D eigenvalue weighted by molar-refractivity contribution is 0.314. The van der Waals surface area contributed by atoms with Gasteiger partial charge in [-0.15, -0.1) is 0 Å². The molecule has 0 bridgehead atoms. The summed E-state index contributed by atoms with van der Waals surface area (Å²) in [6, 6.07) is 10.4. The predicted octanol–water partition coefficient (Wildman–Crippen LogP) is 3.65. The van der Waals surface area contributed by atoms with Gasteiger partial charge in [0.1, 0.15) is 0 Å². The highest BCUT2D eigenvalue weighted by molar-refractivity contribution is 5.32. The van der Waals surface area contributed by atoms with Crippen LogP contribution in [-0.4, -0.2) is 6.54 Å². The average molecular weight is 230 g/mol. The molecule has 0 radical (unpaired) electrons. The van der Waals surface area contributed by atoms with Gasteiger partial charge in [-0.2, -0.15) is 5.26 Å². The van der Waals surface area contributed by atoms with Crippen LogP contribution in [0.15, 0.2) is 24.3 Å². The molecule has 0 aliphatic heterocycles. The van der Waals surface area contributed by atoms with Gasteiger partial charge in [0, 0.05) is 6.04 Å². The van der Waals surface area contributed by atoms with Crippen molar-refractivity contribution in [1.29, 1.82) is 5.26 Å². The molecule has 0 saturated heterocycles. The number of nitrogens with one attached hydrogen (secondary N) is 1. The Labute approximate surface area is 105 Å². The normalized spacial score (nSPS) is 13.1. The molecule has 17 heavy (non-hydrogen) atoms. The summed E-state index contributed by atoms with van der Waals surface area (Å²) < 4.78 is 0. The van der Waals surface area contributed by atoms with Gasteiger partial charge in [-0.1, -0.05) is 39.8 Å². The number of hydrogen-bond acceptors (Lipinski definition) is 2. The lowest BCUT2D eigenvalue weighted by Crippen LogP contribution is -2.25. The van der Waals surface area contributed by atoms with Crippen LogP contribution < -0.4 is 5.32 Å². The van der Waals surface area contributed by atoms with Crippen molar-refractivity contribution in [2.45, 2.75) is 40.2 Å². The topological polar surface area (TPSA) is 35.8 Å². The van der Waals surface area contributed by atoms with E-state index in [2.05, 4.69) is 51.2 Å². The molecule has 1 aromatic carbocycles. The first kappa shape index (κ1) is 13.7. The summed E-state index contributed by atoms with van der Waals surface area (Å²) in [6.07, 6.45) is 1.09. The number of nitrogens with zero attached hydrogens (tertiary/aromatic N) is 1. The third-order valence-corrected chi connectivity index (χ3v) is 2.71. The fourth-order valence-electron chi connectivity index (χ4n) is 1.96. The first-order chi connectivity index (χ1) is 7.96. The summed E-state index contributed by atoms with van der Waals surface area (Å²) in [5.41, 5.74) is 2.28. The third kappa shape index (κ3) is 4.58. The van der Waals surface area contributed by atoms with E-state index >= 15 is 0 Å². The standard InChI is InChI=1S/C15H22N2/c1-5-17-14(10-15(2,3)4)13-8-6-12(11-16)7-9-13/h6-9,14,17H,5,10H2,1-4H3. The van der Waals surface area contributed by atoms with Gasteiger partial charge in [0.2, 0.25) is 0 Å². The molecular weight excluding hydrogens is 208 g/mol. The second-order valence-corrected chi connectivity index (χ2v) is 5.61. The van der Waals surface area contributed by atoms with Crippen molar-refractivity contribution in [3.8, 4) is 6.07 Å². The predicted molar refractivity (Wildman–Crippen MR) is 71.6 cm³/mol. The molecular formula is C15H22N2. The number of benzene rings is 1. The maximum absolute atomic E-state index is 8.79. The second kappa shape index (κ2) is 5.84. The highest BCUT2D eigenvalue weighted by Gasteiger charge is 2.19. The molecule has 0 saturated carbocycles. The van der Waals surface area contributed by atoms with Crippen LogP contribution in [0.1, 0.15) is 51.3 Å². The fraction of sp³-hybridized carbons (Fsp3) is 0.533. The van der Waals surface area contributed by atoms with Crippen LogP contribution in [0.5, 0.6) is 0 Å². The van der Waals surface area contributed by atoms with Gasteiger partial charge in [-0.05, 0) is 36.1 Å². The van der Waals surface area contributed by atoms with Crippen LogP contribution in [0.2, 0.25) is 0 Å². The van der Waals surface area contributed by atoms with Gasteiger partial charge >= 0.3 is 0 Å². The summed E-state index contributed by atoms with van der Waals surface area (Å²) in [4.78, 5) is 0. The lowest BCUT2D eigenvalue weighted by Gasteiger charge is -2.27. The van der Waals surface area contributed by atoms with Crippen molar-refractivity contribution in [2.24, 2.45) is 5.41 Å². The molecule has 1 unspecified atom stereocenters. The lowest BCUT2D eigenvalue weighted by atomic mass is 9.85. The Balaban J connectivity index is 2.86. The Hall–Kier alpha value is -1.33. The first-order valence-corrected chi connectivity index (χ1v) is 6.19. The van der Waals surface area contributed by atoms with Crippen LogP contribution in [0.4, 0.5) is 0 Å². The summed E-state index contributed by atoms with van der Waals surface area (Å²) in [5.74, 6) is 0. The number of hydrogen-bond donors (Lipinski definition) is 1. The van der Waals surface area contributed by atoms with E-state index in [-0.39, 0.29) is 0 Å². The van der Waals surface area contributed by atoms with Crippen molar-refractivity contribution in [3.05, 3.63) is 35.4 Å². The van der Waals surface area contributed by atoms with Crippen molar-refractivity contribution in [1.82, 2.24) is 5.32 Å². The average Bonchev–Trinajstić information content (AvgIpc) is 2.27. The zero-order chi connectivity index (χ0) is 12.9. The third-order valence-electron chi connectivity index (χ3n) is 2.71. The van der Waals surface area contributed by atoms with Gasteiger partial charge in [-0.25, -0.2) is 0 Å². The molecule has 0 aliphatic rings. The van der Waals surface area contributed by atoms with Crippen LogP contribution in [0.3, 0.4) is 0 Å². The monoisotopic (exact) mass is 230 g/mol. The Morgan fingerprint density at radius 2 is 1.82 bits per heavy atom. The van der Waals surface area contributed by atoms with Gasteiger partial charge in [-0.3, -0.25) is 0 Å². The first-order valence-electron chi connectivity index (χ1n) is 6.19. The highest BCUT2D eigenvalue weighted by Crippen LogP contribution is 2.29. The second-order valence-electron chi connectivity index (χ2n) is 5.61. The Morgan fingerprint density at radius 1 is 1.24 bits per heavy atom. The van der Waals surface area contributed by atoms with Crippen LogP contribution in [0, 0.1) is 16.7 Å². The molecule has 0 aromatic heterocycles. The summed E-state index contributed by atoms with van der Waals surface area (Å²) >= 11 is 0. The fourth-order valence-corrected chi connectivity index (χ4v) is 1.96. The maximum Gasteiger partial charge on any atom is 0.0991 e. The molecule has 0 fully saturated rings. The van der Waals surface area contributed by atoms with E-state index in [0.29, 0.717) is 11.5 Å². The summed E-state index contributed by atoms with van der Waals surface area (Å²) in [6.45, 7) is 9.84. The number of nitriles is 1. The van der Waals surface area contributed by atoms with Gasteiger partial charge < -0.3 is 5.32 Å². The van der Waals surface area contributed by atoms with Crippen molar-refractivity contribution in [2.75, 3.05) is 6.54 Å². The van der Waals surface area contributed by atoms with Crippen LogP contribution in [0.25, 0.3) is 0 Å². The Morgan fingerprint density at radius 3 is 2.24 bits per heavy atom. The molecule has 2 nitrogen and oxygen atoms in total. The Kier molecular flexibility index (Phi) is 4.72. The Bertz CT molecular complexity index is 379. The molecule has 2 heteroatoms. The van der Waals surface area contributed by atoms with Crippen molar-refractivity contribution in [3.63, 3.8) is 0 Å². The zero-order valence-electron chi connectivity index (χ0n) is 11.2. The van der Waals surface area contributed by atoms with E-state index in [4.69, 9.17) is 5.26 Å². The van der Waals surface area contributed by atoms with Crippen LogP contribution >= 0.6 is 0 Å². The largest absolute Gasteiger partial charge is 0.310 e. The highest BCUT2D eigenvalue weighted by atomic mass is 14.9. The molecule has 1 rings (SSSR count).